The van der Waals surface area contributed by atoms with Gasteiger partial charge in [-0.1, -0.05) is 6.07 Å². The molecule has 0 aliphatic rings. The maximum atomic E-state index is 12.8. The smallest absolute Gasteiger partial charge is 0.416 e. The van der Waals surface area contributed by atoms with Gasteiger partial charge in [0.2, 0.25) is 0 Å². The van der Waals surface area contributed by atoms with Crippen LogP contribution in [0.4, 0.5) is 17.6 Å². The lowest BCUT2D eigenvalue weighted by Crippen LogP contribution is -2.47. The molecule has 2 aromatic carbocycles. The topological polar surface area (TPSA) is 67.4 Å². The van der Waals surface area contributed by atoms with E-state index >= 15 is 0 Å². The van der Waals surface area contributed by atoms with Crippen molar-refractivity contribution in [2.24, 2.45) is 0 Å². The number of hydrazine groups is 1. The van der Waals surface area contributed by atoms with Gasteiger partial charge in [0.15, 0.2) is 6.10 Å². The van der Waals surface area contributed by atoms with Crippen LogP contribution < -0.4 is 15.6 Å². The molecule has 2 N–H and O–H groups in total. The van der Waals surface area contributed by atoms with E-state index in [4.69, 9.17) is 4.74 Å². The number of carbonyl (C=O) groups is 2. The first kappa shape index (κ1) is 19.2. The van der Waals surface area contributed by atoms with Gasteiger partial charge in [-0.05, 0) is 49.4 Å². The quantitative estimate of drug-likeness (QED) is 0.642. The Hall–Kier alpha value is -3.10. The molecule has 2 aromatic rings. The van der Waals surface area contributed by atoms with Crippen LogP contribution in [-0.4, -0.2) is 17.9 Å². The zero-order chi connectivity index (χ0) is 19.3. The van der Waals surface area contributed by atoms with Crippen molar-refractivity contribution in [3.8, 4) is 5.75 Å². The third-order valence-electron chi connectivity index (χ3n) is 3.25. The summed E-state index contributed by atoms with van der Waals surface area (Å²) in [6.45, 7) is 1.38. The summed E-state index contributed by atoms with van der Waals surface area (Å²) in [5.41, 5.74) is 2.81. The zero-order valence-electron chi connectivity index (χ0n) is 13.4. The van der Waals surface area contributed by atoms with Crippen molar-refractivity contribution in [2.45, 2.75) is 19.2 Å². The van der Waals surface area contributed by atoms with Crippen molar-refractivity contribution in [2.75, 3.05) is 0 Å². The molecule has 0 radical (unpaired) electrons. The van der Waals surface area contributed by atoms with Gasteiger partial charge in [0.05, 0.1) is 5.56 Å². The Morgan fingerprint density at radius 2 is 1.69 bits per heavy atom. The molecular formula is C17H14F4N2O3. The molecule has 5 nitrogen and oxygen atoms in total. The van der Waals surface area contributed by atoms with Gasteiger partial charge >= 0.3 is 6.18 Å². The molecule has 0 aromatic heterocycles. The highest BCUT2D eigenvalue weighted by Crippen LogP contribution is 2.29. The highest BCUT2D eigenvalue weighted by atomic mass is 19.4. The molecule has 1 atom stereocenters. The molecule has 0 fully saturated rings. The third kappa shape index (κ3) is 5.20. The molecular weight excluding hydrogens is 356 g/mol. The largest absolute Gasteiger partial charge is 0.481 e. The predicted molar refractivity (Wildman–Crippen MR) is 83.5 cm³/mol. The van der Waals surface area contributed by atoms with E-state index < -0.39 is 35.5 Å². The fraction of sp³-hybridized carbons (Fsp3) is 0.176. The summed E-state index contributed by atoms with van der Waals surface area (Å²) >= 11 is 0. The van der Waals surface area contributed by atoms with Gasteiger partial charge in [-0.25, -0.2) is 4.39 Å². The van der Waals surface area contributed by atoms with Crippen molar-refractivity contribution in [1.82, 2.24) is 10.9 Å². The summed E-state index contributed by atoms with van der Waals surface area (Å²) in [6, 6.07) is 8.69. The molecule has 0 spiro atoms. The summed E-state index contributed by atoms with van der Waals surface area (Å²) in [6.07, 6.45) is -5.63. The van der Waals surface area contributed by atoms with Crippen LogP contribution >= 0.6 is 0 Å². The average Bonchev–Trinajstić information content (AvgIpc) is 2.60. The predicted octanol–water partition coefficient (Wildman–Crippen LogP) is 3.07. The monoisotopic (exact) mass is 370 g/mol. The van der Waals surface area contributed by atoms with Crippen molar-refractivity contribution in [3.63, 3.8) is 0 Å². The first-order valence-electron chi connectivity index (χ1n) is 7.36. The number of nitrogens with one attached hydrogen (secondary N) is 2. The molecule has 2 rings (SSSR count). The van der Waals surface area contributed by atoms with Crippen LogP contribution in [0.15, 0.2) is 48.5 Å². The van der Waals surface area contributed by atoms with Gasteiger partial charge in [-0.15, -0.1) is 0 Å². The molecule has 138 valence electrons. The number of amides is 2. The van der Waals surface area contributed by atoms with Gasteiger partial charge in [0.25, 0.3) is 11.8 Å². The van der Waals surface area contributed by atoms with E-state index in [2.05, 4.69) is 5.43 Å². The number of carbonyl (C=O) groups excluding carboxylic acids is 2. The Labute approximate surface area is 145 Å². The van der Waals surface area contributed by atoms with Crippen LogP contribution in [0.3, 0.4) is 0 Å². The van der Waals surface area contributed by atoms with Crippen molar-refractivity contribution in [3.05, 3.63) is 65.5 Å². The highest BCUT2D eigenvalue weighted by Gasteiger charge is 2.31. The number of ether oxygens (including phenoxy) is 1. The van der Waals surface area contributed by atoms with Crippen LogP contribution in [0.25, 0.3) is 0 Å². The number of rotatable bonds is 4. The van der Waals surface area contributed by atoms with Gasteiger partial charge in [0, 0.05) is 5.56 Å². The lowest BCUT2D eigenvalue weighted by atomic mass is 10.1. The second kappa shape index (κ2) is 7.85. The van der Waals surface area contributed by atoms with Crippen LogP contribution in [-0.2, 0) is 11.0 Å². The summed E-state index contributed by atoms with van der Waals surface area (Å²) in [5.74, 6) is -1.89. The molecule has 0 aliphatic heterocycles. The minimum Gasteiger partial charge on any atom is -0.481 e. The SMILES string of the molecule is C[C@H](Oc1ccc(F)cc1)C(=O)NNC(=O)c1cccc(C(F)(F)F)c1. The second-order valence-electron chi connectivity index (χ2n) is 5.24. The average molecular weight is 370 g/mol. The molecule has 26 heavy (non-hydrogen) atoms. The molecule has 0 unspecified atom stereocenters. The number of benzene rings is 2. The second-order valence-corrected chi connectivity index (χ2v) is 5.24. The molecule has 2 amide bonds. The van der Waals surface area contributed by atoms with Crippen LogP contribution in [0.5, 0.6) is 5.75 Å². The lowest BCUT2D eigenvalue weighted by Gasteiger charge is -2.15. The molecule has 0 heterocycles. The van der Waals surface area contributed by atoms with Gasteiger partial charge < -0.3 is 4.74 Å². The van der Waals surface area contributed by atoms with Gasteiger partial charge in [-0.3, -0.25) is 20.4 Å². The minimum absolute atomic E-state index is 0.234. The Bertz CT molecular complexity index is 791. The number of hydrogen-bond acceptors (Lipinski definition) is 3. The summed E-state index contributed by atoms with van der Waals surface area (Å²) in [5, 5.41) is 0. The summed E-state index contributed by atoms with van der Waals surface area (Å²) in [4.78, 5) is 23.7. The normalized spacial score (nSPS) is 12.2. The third-order valence-corrected chi connectivity index (χ3v) is 3.25. The zero-order valence-corrected chi connectivity index (χ0v) is 13.4. The van der Waals surface area contributed by atoms with Crippen LogP contribution in [0.1, 0.15) is 22.8 Å². The van der Waals surface area contributed by atoms with Crippen molar-refractivity contribution < 1.29 is 31.9 Å². The Balaban J connectivity index is 1.92. The standard InChI is InChI=1S/C17H14F4N2O3/c1-10(26-14-7-5-13(18)6-8-14)15(24)22-23-16(25)11-3-2-4-12(9-11)17(19,20)21/h2-10H,1H3,(H,22,24)(H,23,25)/t10-/m0/s1. The van der Waals surface area contributed by atoms with E-state index in [0.29, 0.717) is 6.07 Å². The van der Waals surface area contributed by atoms with Gasteiger partial charge in [0.1, 0.15) is 11.6 Å². The Morgan fingerprint density at radius 1 is 1.04 bits per heavy atom. The maximum Gasteiger partial charge on any atom is 0.416 e. The summed E-state index contributed by atoms with van der Waals surface area (Å²) < 4.78 is 56.0. The molecule has 0 saturated heterocycles. The Kier molecular flexibility index (Phi) is 5.81. The summed E-state index contributed by atoms with van der Waals surface area (Å²) in [7, 11) is 0. The van der Waals surface area contributed by atoms with E-state index in [-0.39, 0.29) is 11.3 Å². The molecule has 0 saturated carbocycles. The van der Waals surface area contributed by atoms with E-state index in [9.17, 15) is 27.2 Å². The first-order valence-corrected chi connectivity index (χ1v) is 7.36. The number of alkyl halides is 3. The minimum atomic E-state index is -4.59. The fourth-order valence-electron chi connectivity index (χ4n) is 1.90. The van der Waals surface area contributed by atoms with E-state index in [1.807, 2.05) is 5.43 Å². The van der Waals surface area contributed by atoms with E-state index in [1.54, 1.807) is 0 Å². The fourth-order valence-corrected chi connectivity index (χ4v) is 1.90. The molecule has 9 heteroatoms. The molecule has 0 aliphatic carbocycles. The number of hydrogen-bond donors (Lipinski definition) is 2. The van der Waals surface area contributed by atoms with Crippen LogP contribution in [0.2, 0.25) is 0 Å². The first-order chi connectivity index (χ1) is 12.2. The lowest BCUT2D eigenvalue weighted by molar-refractivity contribution is -0.137. The van der Waals surface area contributed by atoms with Gasteiger partial charge in [-0.2, -0.15) is 13.2 Å². The highest BCUT2D eigenvalue weighted by molar-refractivity contribution is 5.95. The maximum absolute atomic E-state index is 12.8. The molecule has 0 bridgehead atoms. The van der Waals surface area contributed by atoms with E-state index in [1.165, 1.54) is 25.1 Å². The Morgan fingerprint density at radius 3 is 2.31 bits per heavy atom. The van der Waals surface area contributed by atoms with Crippen molar-refractivity contribution in [1.29, 1.82) is 0 Å². The van der Waals surface area contributed by atoms with Crippen LogP contribution in [0, 0.1) is 5.82 Å². The number of halogens is 4. The van der Waals surface area contributed by atoms with Crippen molar-refractivity contribution >= 4 is 11.8 Å². The van der Waals surface area contributed by atoms with E-state index in [0.717, 1.165) is 24.3 Å².